The Morgan fingerprint density at radius 1 is 1.10 bits per heavy atom. The van der Waals surface area contributed by atoms with Crippen LogP contribution in [0.15, 0.2) is 65.8 Å². The van der Waals surface area contributed by atoms with Gasteiger partial charge in [-0.05, 0) is 54.8 Å². The second-order valence-electron chi connectivity index (χ2n) is 7.28. The molecule has 3 aromatic rings. The number of fused-ring (bicyclic) bond motifs is 1. The monoisotopic (exact) mass is 456 g/mol. The zero-order valence-corrected chi connectivity index (χ0v) is 18.4. The SMILES string of the molecule is C[C@H]1CN(S(=O)(=O)c2ccc(C#N)cc2)CCN1C(=O)c1ccc2cnccc2c1.Cl. The number of amides is 1. The van der Waals surface area contributed by atoms with Gasteiger partial charge in [-0.25, -0.2) is 8.42 Å². The van der Waals surface area contributed by atoms with Crippen LogP contribution in [-0.2, 0) is 10.0 Å². The highest BCUT2D eigenvalue weighted by Gasteiger charge is 2.34. The van der Waals surface area contributed by atoms with Crippen molar-refractivity contribution < 1.29 is 13.2 Å². The number of hydrogen-bond acceptors (Lipinski definition) is 5. The minimum atomic E-state index is -3.68. The molecule has 0 bridgehead atoms. The number of benzene rings is 2. The van der Waals surface area contributed by atoms with E-state index in [4.69, 9.17) is 5.26 Å². The normalized spacial score (nSPS) is 17.0. The summed E-state index contributed by atoms with van der Waals surface area (Å²) in [6.45, 7) is 2.59. The highest BCUT2D eigenvalue weighted by atomic mass is 35.5. The van der Waals surface area contributed by atoms with Gasteiger partial charge in [-0.2, -0.15) is 9.57 Å². The Hall–Kier alpha value is -2.99. The number of aromatic nitrogens is 1. The molecule has 7 nitrogen and oxygen atoms in total. The van der Waals surface area contributed by atoms with Crippen LogP contribution in [0.1, 0.15) is 22.8 Å². The third-order valence-corrected chi connectivity index (χ3v) is 7.24. The topological polar surface area (TPSA) is 94.4 Å². The molecule has 1 aromatic heterocycles. The molecule has 1 amide bonds. The molecule has 4 rings (SSSR count). The molecule has 1 aliphatic heterocycles. The van der Waals surface area contributed by atoms with Crippen molar-refractivity contribution in [3.63, 3.8) is 0 Å². The predicted octanol–water partition coefficient (Wildman–Crippen LogP) is 3.06. The molecule has 0 N–H and O–H groups in total. The van der Waals surface area contributed by atoms with E-state index >= 15 is 0 Å². The molecule has 2 aromatic carbocycles. The van der Waals surface area contributed by atoms with Crippen molar-refractivity contribution in [3.8, 4) is 6.07 Å². The molecular formula is C22H21ClN4O3S. The zero-order valence-electron chi connectivity index (χ0n) is 16.8. The summed E-state index contributed by atoms with van der Waals surface area (Å²) in [5, 5.41) is 10.8. The van der Waals surface area contributed by atoms with Crippen molar-refractivity contribution in [1.29, 1.82) is 5.26 Å². The first-order valence-electron chi connectivity index (χ1n) is 9.55. The van der Waals surface area contributed by atoms with Gasteiger partial charge in [-0.3, -0.25) is 9.78 Å². The van der Waals surface area contributed by atoms with Crippen LogP contribution in [0.5, 0.6) is 0 Å². The first-order chi connectivity index (χ1) is 14.4. The van der Waals surface area contributed by atoms with Gasteiger partial charge in [0.15, 0.2) is 0 Å². The van der Waals surface area contributed by atoms with Crippen molar-refractivity contribution in [2.24, 2.45) is 0 Å². The third kappa shape index (κ3) is 4.39. The van der Waals surface area contributed by atoms with Crippen molar-refractivity contribution >= 4 is 39.1 Å². The fourth-order valence-electron chi connectivity index (χ4n) is 3.68. The van der Waals surface area contributed by atoms with Gasteiger partial charge >= 0.3 is 0 Å². The van der Waals surface area contributed by atoms with Gasteiger partial charge in [-0.15, -0.1) is 12.4 Å². The maximum atomic E-state index is 13.1. The minimum Gasteiger partial charge on any atom is -0.333 e. The molecular weight excluding hydrogens is 436 g/mol. The molecule has 0 spiro atoms. The summed E-state index contributed by atoms with van der Waals surface area (Å²) in [6.07, 6.45) is 3.44. The number of nitriles is 1. The lowest BCUT2D eigenvalue weighted by Crippen LogP contribution is -2.55. The molecule has 0 saturated carbocycles. The van der Waals surface area contributed by atoms with Gasteiger partial charge in [0.2, 0.25) is 10.0 Å². The van der Waals surface area contributed by atoms with E-state index in [1.54, 1.807) is 23.4 Å². The maximum Gasteiger partial charge on any atom is 0.254 e. The molecule has 1 atom stereocenters. The van der Waals surface area contributed by atoms with Gasteiger partial charge in [-0.1, -0.05) is 6.07 Å². The van der Waals surface area contributed by atoms with Crippen LogP contribution in [0.25, 0.3) is 10.8 Å². The standard InChI is InChI=1S/C22H20N4O3S.ClH/c1-16-15-25(30(28,29)21-6-2-17(13-23)3-7-21)10-11-26(16)22(27)19-4-5-20-14-24-9-8-18(20)12-19;/h2-9,12,14,16H,10-11,15H2,1H3;1H/t16-;/m0./s1. The zero-order chi connectivity index (χ0) is 21.3. The van der Waals surface area contributed by atoms with Crippen molar-refractivity contribution in [3.05, 3.63) is 72.1 Å². The van der Waals surface area contributed by atoms with Crippen LogP contribution in [-0.4, -0.2) is 54.2 Å². The van der Waals surface area contributed by atoms with Crippen molar-refractivity contribution in [2.45, 2.75) is 17.9 Å². The summed E-state index contributed by atoms with van der Waals surface area (Å²) in [7, 11) is -3.68. The number of carbonyl (C=O) groups excluding carboxylic acids is 1. The summed E-state index contributed by atoms with van der Waals surface area (Å²) in [4.78, 5) is 19.0. The lowest BCUT2D eigenvalue weighted by molar-refractivity contribution is 0.0591. The van der Waals surface area contributed by atoms with E-state index in [2.05, 4.69) is 4.98 Å². The summed E-state index contributed by atoms with van der Waals surface area (Å²) < 4.78 is 27.3. The van der Waals surface area contributed by atoms with E-state index in [1.807, 2.05) is 31.2 Å². The largest absolute Gasteiger partial charge is 0.333 e. The Morgan fingerprint density at radius 2 is 1.84 bits per heavy atom. The van der Waals surface area contributed by atoms with E-state index in [-0.39, 0.29) is 42.3 Å². The quantitative estimate of drug-likeness (QED) is 0.603. The number of nitrogens with zero attached hydrogens (tertiary/aromatic N) is 4. The predicted molar refractivity (Wildman–Crippen MR) is 119 cm³/mol. The number of piperazine rings is 1. The van der Waals surface area contributed by atoms with Gasteiger partial charge in [0.05, 0.1) is 16.5 Å². The molecule has 0 unspecified atom stereocenters. The van der Waals surface area contributed by atoms with E-state index in [0.29, 0.717) is 17.7 Å². The van der Waals surface area contributed by atoms with Crippen LogP contribution in [0.3, 0.4) is 0 Å². The van der Waals surface area contributed by atoms with Crippen LogP contribution >= 0.6 is 12.4 Å². The van der Waals surface area contributed by atoms with Crippen LogP contribution in [0.4, 0.5) is 0 Å². The highest BCUT2D eigenvalue weighted by molar-refractivity contribution is 7.89. The van der Waals surface area contributed by atoms with E-state index in [1.165, 1.54) is 28.6 Å². The molecule has 31 heavy (non-hydrogen) atoms. The van der Waals surface area contributed by atoms with Crippen LogP contribution < -0.4 is 0 Å². The average Bonchev–Trinajstić information content (AvgIpc) is 2.78. The molecule has 2 heterocycles. The van der Waals surface area contributed by atoms with Gasteiger partial charge in [0.25, 0.3) is 5.91 Å². The minimum absolute atomic E-state index is 0. The Labute approximate surface area is 187 Å². The van der Waals surface area contributed by atoms with Gasteiger partial charge in [0, 0.05) is 49.0 Å². The molecule has 160 valence electrons. The number of halogens is 1. The molecule has 0 radical (unpaired) electrons. The van der Waals surface area contributed by atoms with E-state index in [0.717, 1.165) is 10.8 Å². The summed E-state index contributed by atoms with van der Waals surface area (Å²) in [6, 6.07) is 14.9. The Kier molecular flexibility index (Phi) is 6.60. The van der Waals surface area contributed by atoms with E-state index < -0.39 is 10.0 Å². The molecule has 1 saturated heterocycles. The van der Waals surface area contributed by atoms with Crippen molar-refractivity contribution in [1.82, 2.24) is 14.2 Å². The highest BCUT2D eigenvalue weighted by Crippen LogP contribution is 2.23. The average molecular weight is 457 g/mol. The number of rotatable bonds is 3. The lowest BCUT2D eigenvalue weighted by atomic mass is 10.1. The van der Waals surface area contributed by atoms with E-state index in [9.17, 15) is 13.2 Å². The lowest BCUT2D eigenvalue weighted by Gasteiger charge is -2.39. The Morgan fingerprint density at radius 3 is 2.52 bits per heavy atom. The number of pyridine rings is 1. The van der Waals surface area contributed by atoms with Crippen LogP contribution in [0, 0.1) is 11.3 Å². The summed E-state index contributed by atoms with van der Waals surface area (Å²) >= 11 is 0. The Bertz CT molecular complexity index is 1260. The van der Waals surface area contributed by atoms with Gasteiger partial charge in [0.1, 0.15) is 0 Å². The fraction of sp³-hybridized carbons (Fsp3) is 0.227. The molecule has 0 aliphatic carbocycles. The molecule has 1 aliphatic rings. The summed E-state index contributed by atoms with van der Waals surface area (Å²) in [5.41, 5.74) is 0.979. The number of carbonyl (C=O) groups is 1. The number of sulfonamides is 1. The molecule has 9 heteroatoms. The van der Waals surface area contributed by atoms with Crippen molar-refractivity contribution in [2.75, 3.05) is 19.6 Å². The third-order valence-electron chi connectivity index (χ3n) is 5.36. The van der Waals surface area contributed by atoms with Crippen LogP contribution in [0.2, 0.25) is 0 Å². The first-order valence-corrected chi connectivity index (χ1v) is 11.0. The molecule has 1 fully saturated rings. The fourth-order valence-corrected chi connectivity index (χ4v) is 5.19. The maximum absolute atomic E-state index is 13.1. The second kappa shape index (κ2) is 9.02. The number of hydrogen-bond donors (Lipinski definition) is 0. The first kappa shape index (κ1) is 22.7. The Balaban J connectivity index is 0.00000272. The second-order valence-corrected chi connectivity index (χ2v) is 9.22. The summed E-state index contributed by atoms with van der Waals surface area (Å²) in [5.74, 6) is -0.114. The van der Waals surface area contributed by atoms with Gasteiger partial charge < -0.3 is 4.90 Å². The smallest absolute Gasteiger partial charge is 0.254 e.